The molecule has 2 fully saturated rings. The number of carbonyl (C=O) groups is 2. The zero-order chi connectivity index (χ0) is 12.9. The summed E-state index contributed by atoms with van der Waals surface area (Å²) in [6.45, 7) is 3.39. The number of urea groups is 1. The van der Waals surface area contributed by atoms with Gasteiger partial charge < -0.3 is 9.84 Å². The maximum atomic E-state index is 12.0. The van der Waals surface area contributed by atoms with Crippen molar-refractivity contribution >= 4 is 11.9 Å². The molecule has 96 valence electrons. The van der Waals surface area contributed by atoms with Crippen molar-refractivity contribution in [2.24, 2.45) is 0 Å². The molecule has 1 saturated heterocycles. The lowest BCUT2D eigenvalue weighted by Gasteiger charge is -2.14. The fourth-order valence-electron chi connectivity index (χ4n) is 1.93. The van der Waals surface area contributed by atoms with Crippen LogP contribution in [0.15, 0.2) is 4.52 Å². The highest BCUT2D eigenvalue weighted by Gasteiger charge is 2.44. The molecule has 0 bridgehead atoms. The monoisotopic (exact) mass is 250 g/mol. The summed E-state index contributed by atoms with van der Waals surface area (Å²) in [6, 6.07) is -0.414. The molecule has 1 aromatic rings. The Kier molecular flexibility index (Phi) is 2.20. The van der Waals surface area contributed by atoms with Crippen molar-refractivity contribution in [1.29, 1.82) is 0 Å². The van der Waals surface area contributed by atoms with E-state index in [0.29, 0.717) is 17.6 Å². The first kappa shape index (κ1) is 11.2. The normalized spacial score (nSPS) is 22.4. The van der Waals surface area contributed by atoms with Crippen LogP contribution < -0.4 is 5.32 Å². The molecule has 7 heteroatoms. The van der Waals surface area contributed by atoms with Crippen molar-refractivity contribution in [3.8, 4) is 0 Å². The molecule has 0 atom stereocenters. The molecule has 18 heavy (non-hydrogen) atoms. The van der Waals surface area contributed by atoms with Gasteiger partial charge >= 0.3 is 6.03 Å². The first-order valence-electron chi connectivity index (χ1n) is 5.94. The van der Waals surface area contributed by atoms with E-state index in [-0.39, 0.29) is 12.5 Å². The second-order valence-corrected chi connectivity index (χ2v) is 5.27. The average molecular weight is 250 g/mol. The number of imide groups is 1. The van der Waals surface area contributed by atoms with Crippen LogP contribution in [0.1, 0.15) is 44.3 Å². The summed E-state index contributed by atoms with van der Waals surface area (Å²) < 4.78 is 5.09. The molecule has 7 nitrogen and oxygen atoms in total. The number of carbonyl (C=O) groups excluding carboxylic acids is 2. The minimum atomic E-state index is -0.861. The minimum Gasteiger partial charge on any atom is -0.339 e. The van der Waals surface area contributed by atoms with Crippen LogP contribution in [0.3, 0.4) is 0 Å². The van der Waals surface area contributed by atoms with E-state index in [4.69, 9.17) is 4.52 Å². The van der Waals surface area contributed by atoms with Crippen molar-refractivity contribution in [1.82, 2.24) is 20.4 Å². The van der Waals surface area contributed by atoms with Gasteiger partial charge in [0.15, 0.2) is 5.82 Å². The zero-order valence-electron chi connectivity index (χ0n) is 10.3. The van der Waals surface area contributed by atoms with E-state index in [1.165, 1.54) is 0 Å². The molecule has 1 aromatic heterocycles. The van der Waals surface area contributed by atoms with Gasteiger partial charge in [-0.1, -0.05) is 5.16 Å². The Morgan fingerprint density at radius 2 is 2.17 bits per heavy atom. The Morgan fingerprint density at radius 3 is 2.72 bits per heavy atom. The lowest BCUT2D eigenvalue weighted by Crippen LogP contribution is -2.40. The summed E-state index contributed by atoms with van der Waals surface area (Å²) in [6.07, 6.45) is 2.13. The van der Waals surface area contributed by atoms with Crippen LogP contribution in [-0.2, 0) is 11.3 Å². The SMILES string of the molecule is CC1(C)NC(=O)N(Cc2noc(C3CC3)n2)C1=O. The largest absolute Gasteiger partial charge is 0.339 e. The third-order valence-corrected chi connectivity index (χ3v) is 3.15. The number of hydrogen-bond donors (Lipinski definition) is 1. The molecule has 1 saturated carbocycles. The number of nitrogens with one attached hydrogen (secondary N) is 1. The van der Waals surface area contributed by atoms with E-state index in [2.05, 4.69) is 15.5 Å². The van der Waals surface area contributed by atoms with E-state index in [1.54, 1.807) is 13.8 Å². The van der Waals surface area contributed by atoms with Gasteiger partial charge in [-0.15, -0.1) is 0 Å². The first-order chi connectivity index (χ1) is 8.47. The van der Waals surface area contributed by atoms with E-state index in [0.717, 1.165) is 17.7 Å². The fraction of sp³-hybridized carbons (Fsp3) is 0.636. The van der Waals surface area contributed by atoms with Gasteiger partial charge in [0, 0.05) is 5.92 Å². The first-order valence-corrected chi connectivity index (χ1v) is 5.94. The molecule has 2 aliphatic rings. The van der Waals surface area contributed by atoms with Crippen molar-refractivity contribution in [2.75, 3.05) is 0 Å². The van der Waals surface area contributed by atoms with Gasteiger partial charge in [0.2, 0.25) is 5.89 Å². The van der Waals surface area contributed by atoms with E-state index < -0.39 is 11.6 Å². The van der Waals surface area contributed by atoms with E-state index in [9.17, 15) is 9.59 Å². The predicted octanol–water partition coefficient (Wildman–Crippen LogP) is 0.777. The third kappa shape index (κ3) is 1.75. The molecular weight excluding hydrogens is 236 g/mol. The highest BCUT2D eigenvalue weighted by Crippen LogP contribution is 2.38. The minimum absolute atomic E-state index is 0.0598. The van der Waals surface area contributed by atoms with Crippen LogP contribution in [0, 0.1) is 0 Å². The summed E-state index contributed by atoms with van der Waals surface area (Å²) in [5, 5.41) is 6.40. The Morgan fingerprint density at radius 1 is 1.44 bits per heavy atom. The van der Waals surface area contributed by atoms with Crippen LogP contribution in [0.25, 0.3) is 0 Å². The number of rotatable bonds is 3. The summed E-state index contributed by atoms with van der Waals surface area (Å²) in [5.74, 6) is 1.07. The Balaban J connectivity index is 1.75. The summed E-state index contributed by atoms with van der Waals surface area (Å²) in [7, 11) is 0. The molecular formula is C11H14N4O3. The molecule has 0 unspecified atom stereocenters. The number of hydrogen-bond acceptors (Lipinski definition) is 5. The van der Waals surface area contributed by atoms with Gasteiger partial charge in [-0.05, 0) is 26.7 Å². The maximum absolute atomic E-state index is 12.0. The summed E-state index contributed by atoms with van der Waals surface area (Å²) >= 11 is 0. The third-order valence-electron chi connectivity index (χ3n) is 3.15. The van der Waals surface area contributed by atoms with Crippen LogP contribution in [0.2, 0.25) is 0 Å². The standard InChI is InChI=1S/C11H14N4O3/c1-11(2)9(16)15(10(17)13-11)5-7-12-8(18-14-7)6-3-4-6/h6H,3-5H2,1-2H3,(H,13,17). The summed E-state index contributed by atoms with van der Waals surface area (Å²) in [4.78, 5) is 28.9. The predicted molar refractivity (Wildman–Crippen MR) is 59.4 cm³/mol. The van der Waals surface area contributed by atoms with Gasteiger partial charge in [-0.25, -0.2) is 4.79 Å². The molecule has 1 aliphatic carbocycles. The second-order valence-electron chi connectivity index (χ2n) is 5.27. The van der Waals surface area contributed by atoms with Crippen molar-refractivity contribution < 1.29 is 14.1 Å². The van der Waals surface area contributed by atoms with Crippen molar-refractivity contribution in [3.05, 3.63) is 11.7 Å². The molecule has 2 heterocycles. The lowest BCUT2D eigenvalue weighted by atomic mass is 10.1. The topological polar surface area (TPSA) is 88.3 Å². The molecule has 0 spiro atoms. The summed E-state index contributed by atoms with van der Waals surface area (Å²) in [5.41, 5.74) is -0.861. The van der Waals surface area contributed by atoms with E-state index in [1.807, 2.05) is 0 Å². The quantitative estimate of drug-likeness (QED) is 0.801. The van der Waals surface area contributed by atoms with Crippen LogP contribution >= 0.6 is 0 Å². The lowest BCUT2D eigenvalue weighted by molar-refractivity contribution is -0.130. The number of aromatic nitrogens is 2. The van der Waals surface area contributed by atoms with Gasteiger partial charge in [0.05, 0.1) is 6.54 Å². The molecule has 0 radical (unpaired) electrons. The Hall–Kier alpha value is -1.92. The van der Waals surface area contributed by atoms with Gasteiger partial charge in [-0.2, -0.15) is 4.98 Å². The fourth-order valence-corrected chi connectivity index (χ4v) is 1.93. The number of nitrogens with zero attached hydrogens (tertiary/aromatic N) is 3. The molecule has 3 rings (SSSR count). The van der Waals surface area contributed by atoms with Crippen LogP contribution in [0.5, 0.6) is 0 Å². The highest BCUT2D eigenvalue weighted by molar-refractivity contribution is 6.06. The van der Waals surface area contributed by atoms with Gasteiger partial charge in [-0.3, -0.25) is 9.69 Å². The maximum Gasteiger partial charge on any atom is 0.325 e. The molecule has 3 amide bonds. The second kappa shape index (κ2) is 3.54. The van der Waals surface area contributed by atoms with Crippen LogP contribution in [-0.4, -0.2) is 32.5 Å². The van der Waals surface area contributed by atoms with E-state index >= 15 is 0 Å². The van der Waals surface area contributed by atoms with Gasteiger partial charge in [0.25, 0.3) is 5.91 Å². The van der Waals surface area contributed by atoms with Crippen molar-refractivity contribution in [3.63, 3.8) is 0 Å². The smallest absolute Gasteiger partial charge is 0.325 e. The molecule has 1 N–H and O–H groups in total. The molecule has 1 aliphatic heterocycles. The average Bonchev–Trinajstić information content (AvgIpc) is 3.00. The highest BCUT2D eigenvalue weighted by atomic mass is 16.5. The zero-order valence-corrected chi connectivity index (χ0v) is 10.3. The Labute approximate surface area is 104 Å². The number of amides is 3. The Bertz CT molecular complexity index is 518. The molecule has 0 aromatic carbocycles. The van der Waals surface area contributed by atoms with Crippen molar-refractivity contribution in [2.45, 2.75) is 44.7 Å². The van der Waals surface area contributed by atoms with Gasteiger partial charge in [0.1, 0.15) is 5.54 Å². The van der Waals surface area contributed by atoms with Crippen LogP contribution in [0.4, 0.5) is 4.79 Å².